The van der Waals surface area contributed by atoms with Crippen LogP contribution >= 0.6 is 0 Å². The maximum atomic E-state index is 12.2. The number of aromatic hydroxyl groups is 1. The number of hydrogen-bond donors (Lipinski definition) is 2. The van der Waals surface area contributed by atoms with E-state index in [1.807, 2.05) is 42.5 Å². The first-order chi connectivity index (χ1) is 13.0. The van der Waals surface area contributed by atoms with Crippen LogP contribution in [0.1, 0.15) is 36.3 Å². The highest BCUT2D eigenvalue weighted by Gasteiger charge is 2.27. The SMILES string of the molecule is CCOC(=O)C[C@@H](c1oc(CO)cc(=O)c1O)c1cccc2ccccc12. The van der Waals surface area contributed by atoms with Gasteiger partial charge in [-0.25, -0.2) is 0 Å². The zero-order valence-electron chi connectivity index (χ0n) is 14.8. The molecular weight excluding hydrogens is 348 g/mol. The average molecular weight is 368 g/mol. The molecule has 1 heterocycles. The van der Waals surface area contributed by atoms with E-state index >= 15 is 0 Å². The number of aliphatic hydroxyl groups excluding tert-OH is 1. The summed E-state index contributed by atoms with van der Waals surface area (Å²) in [5.41, 5.74) is 0.0455. The van der Waals surface area contributed by atoms with Crippen LogP contribution in [0.4, 0.5) is 0 Å². The van der Waals surface area contributed by atoms with Crippen molar-refractivity contribution < 1.29 is 24.2 Å². The maximum absolute atomic E-state index is 12.2. The Kier molecular flexibility index (Phi) is 5.57. The first-order valence-corrected chi connectivity index (χ1v) is 8.65. The van der Waals surface area contributed by atoms with E-state index in [0.29, 0.717) is 0 Å². The molecule has 3 rings (SSSR count). The molecule has 0 bridgehead atoms. The lowest BCUT2D eigenvalue weighted by Gasteiger charge is -2.19. The van der Waals surface area contributed by atoms with Gasteiger partial charge in [-0.3, -0.25) is 9.59 Å². The summed E-state index contributed by atoms with van der Waals surface area (Å²) in [4.78, 5) is 24.3. The van der Waals surface area contributed by atoms with Gasteiger partial charge >= 0.3 is 5.97 Å². The molecular formula is C21H20O6. The largest absolute Gasteiger partial charge is 0.502 e. The maximum Gasteiger partial charge on any atom is 0.306 e. The molecule has 1 aromatic heterocycles. The van der Waals surface area contributed by atoms with E-state index in [1.54, 1.807) is 6.92 Å². The van der Waals surface area contributed by atoms with Crippen molar-refractivity contribution in [2.24, 2.45) is 0 Å². The third-order valence-electron chi connectivity index (χ3n) is 4.35. The number of aliphatic hydroxyl groups is 1. The Balaban J connectivity index is 2.22. The minimum atomic E-state index is -0.741. The number of esters is 1. The van der Waals surface area contributed by atoms with Crippen molar-refractivity contribution >= 4 is 16.7 Å². The van der Waals surface area contributed by atoms with Gasteiger partial charge in [0.05, 0.1) is 18.9 Å². The molecule has 27 heavy (non-hydrogen) atoms. The van der Waals surface area contributed by atoms with Crippen molar-refractivity contribution in [2.75, 3.05) is 6.61 Å². The minimum absolute atomic E-state index is 0.0156. The second-order valence-electron chi connectivity index (χ2n) is 6.08. The first-order valence-electron chi connectivity index (χ1n) is 8.65. The average Bonchev–Trinajstić information content (AvgIpc) is 2.68. The summed E-state index contributed by atoms with van der Waals surface area (Å²) >= 11 is 0. The molecule has 0 amide bonds. The molecule has 0 unspecified atom stereocenters. The van der Waals surface area contributed by atoms with Gasteiger partial charge in [-0.15, -0.1) is 0 Å². The van der Waals surface area contributed by atoms with Crippen LogP contribution in [0.3, 0.4) is 0 Å². The van der Waals surface area contributed by atoms with Gasteiger partial charge in [0.1, 0.15) is 12.4 Å². The molecule has 0 spiro atoms. The van der Waals surface area contributed by atoms with Gasteiger partial charge in [0, 0.05) is 6.07 Å². The van der Waals surface area contributed by atoms with Crippen LogP contribution in [-0.2, 0) is 16.1 Å². The topological polar surface area (TPSA) is 97.0 Å². The highest BCUT2D eigenvalue weighted by Crippen LogP contribution is 2.37. The van der Waals surface area contributed by atoms with E-state index in [0.717, 1.165) is 22.4 Å². The van der Waals surface area contributed by atoms with Crippen molar-refractivity contribution in [2.45, 2.75) is 25.9 Å². The Morgan fingerprint density at radius 1 is 1.19 bits per heavy atom. The van der Waals surface area contributed by atoms with Crippen molar-refractivity contribution in [1.82, 2.24) is 0 Å². The summed E-state index contributed by atoms with van der Waals surface area (Å²) in [5.74, 6) is -1.84. The number of carbonyl (C=O) groups excluding carboxylic acids is 1. The predicted molar refractivity (Wildman–Crippen MR) is 99.6 cm³/mol. The molecule has 0 fully saturated rings. The van der Waals surface area contributed by atoms with Crippen LogP contribution < -0.4 is 5.43 Å². The Morgan fingerprint density at radius 2 is 1.93 bits per heavy atom. The number of hydrogen-bond acceptors (Lipinski definition) is 6. The smallest absolute Gasteiger partial charge is 0.306 e. The molecule has 0 aliphatic rings. The Morgan fingerprint density at radius 3 is 2.67 bits per heavy atom. The van der Waals surface area contributed by atoms with Crippen LogP contribution in [0.2, 0.25) is 0 Å². The number of fused-ring (bicyclic) bond motifs is 1. The first kappa shape index (κ1) is 18.7. The van der Waals surface area contributed by atoms with E-state index in [4.69, 9.17) is 9.15 Å². The summed E-state index contributed by atoms with van der Waals surface area (Å²) < 4.78 is 10.6. The zero-order chi connectivity index (χ0) is 19.4. The summed E-state index contributed by atoms with van der Waals surface area (Å²) in [7, 11) is 0. The third-order valence-corrected chi connectivity index (χ3v) is 4.35. The molecule has 0 saturated heterocycles. The van der Waals surface area contributed by atoms with Crippen molar-refractivity contribution in [3.8, 4) is 5.75 Å². The Hall–Kier alpha value is -3.12. The van der Waals surface area contributed by atoms with E-state index in [9.17, 15) is 19.8 Å². The van der Waals surface area contributed by atoms with Gasteiger partial charge in [0.15, 0.2) is 5.76 Å². The van der Waals surface area contributed by atoms with Crippen LogP contribution in [0.5, 0.6) is 5.75 Å². The van der Waals surface area contributed by atoms with Gasteiger partial charge in [0.25, 0.3) is 0 Å². The molecule has 140 valence electrons. The number of rotatable bonds is 6. The lowest BCUT2D eigenvalue weighted by molar-refractivity contribution is -0.143. The Labute approximate surface area is 155 Å². The normalized spacial score (nSPS) is 12.1. The summed E-state index contributed by atoms with van der Waals surface area (Å²) in [6.45, 7) is 1.42. The van der Waals surface area contributed by atoms with Crippen LogP contribution in [0, 0.1) is 0 Å². The molecule has 2 N–H and O–H groups in total. The fourth-order valence-corrected chi connectivity index (χ4v) is 3.15. The summed E-state index contributed by atoms with van der Waals surface area (Å²) in [5, 5.41) is 21.5. The predicted octanol–water partition coefficient (Wildman–Crippen LogP) is 3.08. The second kappa shape index (κ2) is 8.05. The van der Waals surface area contributed by atoms with Crippen molar-refractivity contribution in [1.29, 1.82) is 0 Å². The van der Waals surface area contributed by atoms with Gasteiger partial charge in [-0.1, -0.05) is 42.5 Å². The van der Waals surface area contributed by atoms with Gasteiger partial charge in [-0.2, -0.15) is 0 Å². The molecule has 6 heteroatoms. The molecule has 1 atom stereocenters. The molecule has 0 radical (unpaired) electrons. The highest BCUT2D eigenvalue weighted by atomic mass is 16.5. The number of benzene rings is 2. The second-order valence-corrected chi connectivity index (χ2v) is 6.08. The van der Waals surface area contributed by atoms with Crippen molar-refractivity contribution in [3.63, 3.8) is 0 Å². The fourth-order valence-electron chi connectivity index (χ4n) is 3.15. The molecule has 0 aliphatic heterocycles. The number of ether oxygens (including phenoxy) is 1. The molecule has 0 saturated carbocycles. The number of carbonyl (C=O) groups is 1. The van der Waals surface area contributed by atoms with Crippen molar-refractivity contribution in [3.05, 3.63) is 75.8 Å². The summed E-state index contributed by atoms with van der Waals surface area (Å²) in [6, 6.07) is 14.2. The Bertz CT molecular complexity index is 1020. The van der Waals surface area contributed by atoms with Crippen LogP contribution in [-0.4, -0.2) is 22.8 Å². The molecule has 2 aromatic carbocycles. The highest BCUT2D eigenvalue weighted by molar-refractivity contribution is 5.87. The fraction of sp³-hybridized carbons (Fsp3) is 0.238. The molecule has 0 aliphatic carbocycles. The quantitative estimate of drug-likeness (QED) is 0.649. The third kappa shape index (κ3) is 3.85. The van der Waals surface area contributed by atoms with Gasteiger partial charge in [-0.05, 0) is 23.3 Å². The van der Waals surface area contributed by atoms with E-state index in [-0.39, 0.29) is 24.5 Å². The van der Waals surface area contributed by atoms with E-state index in [2.05, 4.69) is 0 Å². The van der Waals surface area contributed by atoms with Crippen LogP contribution in [0.25, 0.3) is 10.8 Å². The lowest BCUT2D eigenvalue weighted by Crippen LogP contribution is -2.15. The minimum Gasteiger partial charge on any atom is -0.502 e. The van der Waals surface area contributed by atoms with E-state index in [1.165, 1.54) is 0 Å². The van der Waals surface area contributed by atoms with Crippen LogP contribution in [0.15, 0.2) is 57.7 Å². The standard InChI is InChI=1S/C21H20O6/c1-2-26-19(24)11-17(21-20(25)18(23)10-14(12-22)27-21)16-9-5-7-13-6-3-4-8-15(13)16/h3-10,17,22,25H,2,11-12H2,1H3/t17-/m1/s1. The summed E-state index contributed by atoms with van der Waals surface area (Å²) in [6.07, 6.45) is -0.118. The monoisotopic (exact) mass is 368 g/mol. The molecule has 3 aromatic rings. The van der Waals surface area contributed by atoms with E-state index < -0.39 is 29.7 Å². The lowest BCUT2D eigenvalue weighted by atomic mass is 9.88. The van der Waals surface area contributed by atoms with Gasteiger partial charge in [0.2, 0.25) is 11.2 Å². The van der Waals surface area contributed by atoms with Gasteiger partial charge < -0.3 is 19.4 Å². The zero-order valence-corrected chi connectivity index (χ0v) is 14.8. The molecule has 6 nitrogen and oxygen atoms in total.